The predicted octanol–water partition coefficient (Wildman–Crippen LogP) is 4.42. The molecule has 2 aromatic carbocycles. The molecule has 132 valence electrons. The van der Waals surface area contributed by atoms with Gasteiger partial charge in [-0.15, -0.1) is 10.2 Å². The molecule has 2 amide bonds. The van der Waals surface area contributed by atoms with Gasteiger partial charge in [0.25, 0.3) is 0 Å². The number of carbonyl (C=O) groups excluding carboxylic acids is 1. The van der Waals surface area contributed by atoms with Gasteiger partial charge < -0.3 is 4.90 Å². The van der Waals surface area contributed by atoms with E-state index in [0.717, 1.165) is 24.4 Å². The summed E-state index contributed by atoms with van der Waals surface area (Å²) in [6, 6.07) is 18.5. The second-order valence-electron chi connectivity index (χ2n) is 6.51. The van der Waals surface area contributed by atoms with E-state index in [2.05, 4.69) is 52.8 Å². The van der Waals surface area contributed by atoms with Crippen LogP contribution in [0.25, 0.3) is 0 Å². The molecular weight excluding hydrogens is 344 g/mol. The van der Waals surface area contributed by atoms with Crippen LogP contribution in [0.15, 0.2) is 54.6 Å². The van der Waals surface area contributed by atoms with Crippen molar-refractivity contribution in [2.45, 2.75) is 25.8 Å². The van der Waals surface area contributed by atoms with Gasteiger partial charge >= 0.3 is 6.03 Å². The second kappa shape index (κ2) is 7.25. The van der Waals surface area contributed by atoms with Gasteiger partial charge in [0, 0.05) is 13.0 Å². The molecule has 5 nitrogen and oxygen atoms in total. The first-order valence-electron chi connectivity index (χ1n) is 8.69. The summed E-state index contributed by atoms with van der Waals surface area (Å²) in [5.74, 6) is 0. The molecule has 1 aliphatic rings. The van der Waals surface area contributed by atoms with Crippen molar-refractivity contribution in [3.63, 3.8) is 0 Å². The molecule has 0 spiro atoms. The number of benzene rings is 2. The largest absolute Gasteiger partial charge is 0.324 e. The Morgan fingerprint density at radius 1 is 1.19 bits per heavy atom. The number of nitrogens with zero attached hydrogens (tertiary/aromatic N) is 3. The van der Waals surface area contributed by atoms with Crippen molar-refractivity contribution in [3.8, 4) is 0 Å². The van der Waals surface area contributed by atoms with Gasteiger partial charge in [-0.05, 0) is 24.5 Å². The predicted molar refractivity (Wildman–Crippen MR) is 103 cm³/mol. The first-order valence-corrected chi connectivity index (χ1v) is 9.51. The highest BCUT2D eigenvalue weighted by Gasteiger charge is 2.33. The Balaban J connectivity index is 1.39. The van der Waals surface area contributed by atoms with Crippen LogP contribution in [0.5, 0.6) is 0 Å². The normalized spacial score (nSPS) is 16.2. The fourth-order valence-electron chi connectivity index (χ4n) is 3.19. The Morgan fingerprint density at radius 3 is 2.77 bits per heavy atom. The summed E-state index contributed by atoms with van der Waals surface area (Å²) in [4.78, 5) is 14.4. The van der Waals surface area contributed by atoms with E-state index in [0.29, 0.717) is 5.13 Å². The monoisotopic (exact) mass is 364 g/mol. The lowest BCUT2D eigenvalue weighted by molar-refractivity contribution is 0.126. The minimum Gasteiger partial charge on any atom is -0.317 e. The lowest BCUT2D eigenvalue weighted by atomic mass is 9.95. The van der Waals surface area contributed by atoms with Crippen molar-refractivity contribution in [2.24, 2.45) is 0 Å². The molecule has 1 atom stereocenters. The number of likely N-dealkylation sites (tertiary alicyclic amines) is 1. The molecule has 1 fully saturated rings. The number of amides is 2. The fraction of sp³-hybridized carbons (Fsp3) is 0.250. The number of anilines is 1. The van der Waals surface area contributed by atoms with Gasteiger partial charge in [0.15, 0.2) is 0 Å². The Labute approximate surface area is 156 Å². The summed E-state index contributed by atoms with van der Waals surface area (Å²) in [6.45, 7) is 2.84. The first kappa shape index (κ1) is 16.7. The van der Waals surface area contributed by atoms with Crippen molar-refractivity contribution in [2.75, 3.05) is 11.9 Å². The molecule has 0 aliphatic carbocycles. The number of rotatable bonds is 4. The van der Waals surface area contributed by atoms with Crippen molar-refractivity contribution in [1.82, 2.24) is 15.1 Å². The second-order valence-corrected chi connectivity index (χ2v) is 7.57. The molecule has 6 heteroatoms. The fourth-order valence-corrected chi connectivity index (χ4v) is 3.95. The molecule has 0 bridgehead atoms. The van der Waals surface area contributed by atoms with Crippen molar-refractivity contribution < 1.29 is 4.79 Å². The van der Waals surface area contributed by atoms with Crippen molar-refractivity contribution in [3.05, 3.63) is 76.3 Å². The van der Waals surface area contributed by atoms with Gasteiger partial charge in [0.05, 0.1) is 6.04 Å². The van der Waals surface area contributed by atoms with Gasteiger partial charge in [-0.25, -0.2) is 4.79 Å². The Bertz CT molecular complexity index is 909. The van der Waals surface area contributed by atoms with Crippen molar-refractivity contribution in [1.29, 1.82) is 0 Å². The lowest BCUT2D eigenvalue weighted by Gasteiger charge is -2.40. The number of hydrogen-bond donors (Lipinski definition) is 1. The van der Waals surface area contributed by atoms with E-state index in [9.17, 15) is 4.79 Å². The van der Waals surface area contributed by atoms with E-state index in [-0.39, 0.29) is 12.1 Å². The Morgan fingerprint density at radius 2 is 2.04 bits per heavy atom. The SMILES string of the molecule is Cc1cccc(Cc2nnc(NC(=O)N3CC[C@@H]3c3ccccc3)s2)c1. The van der Waals surface area contributed by atoms with Crippen LogP contribution < -0.4 is 5.32 Å². The van der Waals surface area contributed by atoms with Crippen LogP contribution in [0.2, 0.25) is 0 Å². The maximum Gasteiger partial charge on any atom is 0.324 e. The van der Waals surface area contributed by atoms with Crippen LogP contribution in [0.1, 0.15) is 34.2 Å². The minimum absolute atomic E-state index is 0.108. The third-order valence-corrected chi connectivity index (χ3v) is 5.42. The van der Waals surface area contributed by atoms with Gasteiger partial charge in [0.2, 0.25) is 5.13 Å². The number of carbonyl (C=O) groups is 1. The molecular formula is C20H20N4OS. The average molecular weight is 364 g/mol. The van der Waals surface area contributed by atoms with Crippen LogP contribution >= 0.6 is 11.3 Å². The van der Waals surface area contributed by atoms with Crippen molar-refractivity contribution >= 4 is 22.5 Å². The van der Waals surface area contributed by atoms with Gasteiger partial charge in [0.1, 0.15) is 5.01 Å². The van der Waals surface area contributed by atoms with Gasteiger partial charge in [-0.2, -0.15) is 0 Å². The van der Waals surface area contributed by atoms with E-state index < -0.39 is 0 Å². The maximum absolute atomic E-state index is 12.5. The van der Waals surface area contributed by atoms with Gasteiger partial charge in [-0.3, -0.25) is 5.32 Å². The summed E-state index contributed by atoms with van der Waals surface area (Å²) in [7, 11) is 0. The zero-order valence-electron chi connectivity index (χ0n) is 14.6. The molecule has 3 aromatic rings. The highest BCUT2D eigenvalue weighted by Crippen LogP contribution is 2.33. The lowest BCUT2D eigenvalue weighted by Crippen LogP contribution is -2.47. The molecule has 4 rings (SSSR count). The summed E-state index contributed by atoms with van der Waals surface area (Å²) >= 11 is 1.43. The zero-order chi connectivity index (χ0) is 17.9. The topological polar surface area (TPSA) is 58.1 Å². The minimum atomic E-state index is -0.108. The number of hydrogen-bond acceptors (Lipinski definition) is 4. The third-order valence-electron chi connectivity index (χ3n) is 4.58. The van der Waals surface area contributed by atoms with E-state index >= 15 is 0 Å². The molecule has 26 heavy (non-hydrogen) atoms. The van der Waals surface area contributed by atoms with Crippen LogP contribution in [-0.4, -0.2) is 27.7 Å². The zero-order valence-corrected chi connectivity index (χ0v) is 15.4. The summed E-state index contributed by atoms with van der Waals surface area (Å²) < 4.78 is 0. The average Bonchev–Trinajstić information content (AvgIpc) is 3.01. The molecule has 1 aromatic heterocycles. The third kappa shape index (κ3) is 3.60. The number of aryl methyl sites for hydroxylation is 1. The smallest absolute Gasteiger partial charge is 0.317 e. The number of nitrogens with one attached hydrogen (secondary N) is 1. The number of aromatic nitrogens is 2. The summed E-state index contributed by atoms with van der Waals surface area (Å²) in [5.41, 5.74) is 3.60. The molecule has 1 N–H and O–H groups in total. The molecule has 0 saturated carbocycles. The molecule has 1 aliphatic heterocycles. The maximum atomic E-state index is 12.5. The van der Waals surface area contributed by atoms with Gasteiger partial charge in [-0.1, -0.05) is 71.5 Å². The molecule has 1 saturated heterocycles. The van der Waals surface area contributed by atoms with Crippen LogP contribution in [-0.2, 0) is 6.42 Å². The summed E-state index contributed by atoms with van der Waals surface area (Å²) in [6.07, 6.45) is 1.72. The Hall–Kier alpha value is -2.73. The van der Waals surface area contributed by atoms with Crippen LogP contribution in [0.3, 0.4) is 0 Å². The van der Waals surface area contributed by atoms with Crippen LogP contribution in [0, 0.1) is 6.92 Å². The first-order chi connectivity index (χ1) is 12.7. The van der Waals surface area contributed by atoms with E-state index in [4.69, 9.17) is 0 Å². The van der Waals surface area contributed by atoms with Crippen LogP contribution in [0.4, 0.5) is 9.93 Å². The molecule has 0 radical (unpaired) electrons. The van der Waals surface area contributed by atoms with E-state index in [1.54, 1.807) is 0 Å². The highest BCUT2D eigenvalue weighted by atomic mass is 32.1. The standard InChI is InChI=1S/C20H20N4OS/c1-14-6-5-7-15(12-14)13-18-22-23-19(26-18)21-20(25)24-11-10-17(24)16-8-3-2-4-9-16/h2-9,12,17H,10-11,13H2,1H3,(H,21,23,25)/t17-/m1/s1. The molecule has 2 heterocycles. The highest BCUT2D eigenvalue weighted by molar-refractivity contribution is 7.15. The quantitative estimate of drug-likeness (QED) is 0.746. The number of urea groups is 1. The summed E-state index contributed by atoms with van der Waals surface area (Å²) in [5, 5.41) is 12.7. The van der Waals surface area contributed by atoms with E-state index in [1.165, 1.54) is 28.0 Å². The Kier molecular flexibility index (Phi) is 4.67. The molecule has 0 unspecified atom stereocenters. The van der Waals surface area contributed by atoms with E-state index in [1.807, 2.05) is 29.2 Å².